The Morgan fingerprint density at radius 1 is 1.10 bits per heavy atom. The van der Waals surface area contributed by atoms with Gasteiger partial charge in [0.1, 0.15) is 0 Å². The molecule has 0 saturated heterocycles. The van der Waals surface area contributed by atoms with E-state index in [0.717, 1.165) is 23.5 Å². The van der Waals surface area contributed by atoms with Crippen LogP contribution in [0, 0.1) is 11.3 Å². The molecule has 108 valence electrons. The molecule has 0 amide bonds. The van der Waals surface area contributed by atoms with Crippen molar-refractivity contribution in [3.8, 4) is 6.07 Å². The van der Waals surface area contributed by atoms with E-state index in [1.165, 1.54) is 0 Å². The predicted octanol–water partition coefficient (Wildman–Crippen LogP) is 2.80. The maximum atomic E-state index is 12.1. The highest BCUT2D eigenvalue weighted by atomic mass is 32.2. The van der Waals surface area contributed by atoms with Gasteiger partial charge in [0.2, 0.25) is 0 Å². The van der Waals surface area contributed by atoms with Crippen LogP contribution >= 0.6 is 0 Å². The maximum Gasteiger partial charge on any atom is 0.0991 e. The third-order valence-electron chi connectivity index (χ3n) is 3.20. The van der Waals surface area contributed by atoms with Crippen LogP contribution in [0.2, 0.25) is 0 Å². The Morgan fingerprint density at radius 3 is 2.38 bits per heavy atom. The minimum atomic E-state index is -0.952. The molecule has 0 bridgehead atoms. The van der Waals surface area contributed by atoms with Gasteiger partial charge in [-0.25, -0.2) is 0 Å². The Kier molecular flexibility index (Phi) is 5.68. The molecule has 0 fully saturated rings. The molecule has 0 radical (unpaired) electrons. The van der Waals surface area contributed by atoms with E-state index in [1.807, 2.05) is 61.6 Å². The van der Waals surface area contributed by atoms with Crippen molar-refractivity contribution in [1.29, 1.82) is 5.26 Å². The predicted molar refractivity (Wildman–Crippen MR) is 85.2 cm³/mol. The minimum absolute atomic E-state index is 0.622. The van der Waals surface area contributed by atoms with E-state index >= 15 is 0 Å². The molecule has 0 aliphatic heterocycles. The fraction of sp³-hybridized carbons (Fsp3) is 0.235. The summed E-state index contributed by atoms with van der Waals surface area (Å²) in [6.45, 7) is 1.55. The fourth-order valence-electron chi connectivity index (χ4n) is 2.00. The van der Waals surface area contributed by atoms with Gasteiger partial charge in [0.15, 0.2) is 0 Å². The summed E-state index contributed by atoms with van der Waals surface area (Å²) in [7, 11) is 1.06. The first-order chi connectivity index (χ1) is 10.2. The van der Waals surface area contributed by atoms with Crippen LogP contribution in [0.25, 0.3) is 0 Å². The lowest BCUT2D eigenvalue weighted by atomic mass is 10.1. The van der Waals surface area contributed by atoms with E-state index < -0.39 is 10.8 Å². The van der Waals surface area contributed by atoms with Crippen LogP contribution in [0.3, 0.4) is 0 Å². The van der Waals surface area contributed by atoms with Gasteiger partial charge in [-0.05, 0) is 36.9 Å². The highest BCUT2D eigenvalue weighted by Crippen LogP contribution is 2.08. The third kappa shape index (κ3) is 4.82. The van der Waals surface area contributed by atoms with Crippen LogP contribution in [-0.4, -0.2) is 28.5 Å². The van der Waals surface area contributed by atoms with Gasteiger partial charge in [-0.2, -0.15) is 5.26 Å². The summed E-state index contributed by atoms with van der Waals surface area (Å²) < 4.78 is 12.1. The van der Waals surface area contributed by atoms with Crippen molar-refractivity contribution < 1.29 is 4.21 Å². The first-order valence-electron chi connectivity index (χ1n) is 6.80. The average molecular weight is 298 g/mol. The zero-order chi connectivity index (χ0) is 15.1. The largest absolute Gasteiger partial charge is 0.301 e. The fourth-order valence-corrected chi connectivity index (χ4v) is 3.18. The van der Waals surface area contributed by atoms with Gasteiger partial charge in [0.25, 0.3) is 0 Å². The second-order valence-corrected chi connectivity index (χ2v) is 6.48. The molecule has 0 aromatic heterocycles. The van der Waals surface area contributed by atoms with Crippen LogP contribution in [0.15, 0.2) is 59.5 Å². The SMILES string of the molecule is CN(CC[S@@](=O)c1ccccc1)Cc1ccc(C#N)cc1. The van der Waals surface area contributed by atoms with E-state index in [4.69, 9.17) is 5.26 Å². The van der Waals surface area contributed by atoms with Crippen molar-refractivity contribution in [3.05, 3.63) is 65.7 Å². The van der Waals surface area contributed by atoms with E-state index in [-0.39, 0.29) is 0 Å². The number of nitriles is 1. The van der Waals surface area contributed by atoms with Gasteiger partial charge in [0, 0.05) is 23.7 Å². The monoisotopic (exact) mass is 298 g/mol. The van der Waals surface area contributed by atoms with Crippen molar-refractivity contribution in [2.75, 3.05) is 19.3 Å². The molecule has 0 aliphatic carbocycles. The minimum Gasteiger partial charge on any atom is -0.301 e. The summed E-state index contributed by atoms with van der Waals surface area (Å²) in [5, 5.41) is 8.77. The smallest absolute Gasteiger partial charge is 0.0991 e. The number of benzene rings is 2. The van der Waals surface area contributed by atoms with Crippen LogP contribution in [0.5, 0.6) is 0 Å². The van der Waals surface area contributed by atoms with Crippen LogP contribution in [0.4, 0.5) is 0 Å². The zero-order valence-corrected chi connectivity index (χ0v) is 12.8. The second kappa shape index (κ2) is 7.72. The lowest BCUT2D eigenvalue weighted by Crippen LogP contribution is -2.23. The van der Waals surface area contributed by atoms with Gasteiger partial charge in [-0.3, -0.25) is 4.21 Å². The Balaban J connectivity index is 1.83. The lowest BCUT2D eigenvalue weighted by molar-refractivity contribution is 0.347. The molecule has 4 heteroatoms. The van der Waals surface area contributed by atoms with Crippen molar-refractivity contribution >= 4 is 10.8 Å². The van der Waals surface area contributed by atoms with E-state index in [9.17, 15) is 4.21 Å². The molecule has 0 saturated carbocycles. The van der Waals surface area contributed by atoms with Crippen LogP contribution in [0.1, 0.15) is 11.1 Å². The Morgan fingerprint density at radius 2 is 1.76 bits per heavy atom. The molecule has 0 spiro atoms. The molecule has 3 nitrogen and oxygen atoms in total. The quantitative estimate of drug-likeness (QED) is 0.823. The lowest BCUT2D eigenvalue weighted by Gasteiger charge is -2.16. The van der Waals surface area contributed by atoms with Gasteiger partial charge < -0.3 is 4.90 Å². The molecular weight excluding hydrogens is 280 g/mol. The first-order valence-corrected chi connectivity index (χ1v) is 8.12. The summed E-state index contributed by atoms with van der Waals surface area (Å²) in [5.41, 5.74) is 1.83. The van der Waals surface area contributed by atoms with Gasteiger partial charge in [-0.15, -0.1) is 0 Å². The van der Waals surface area contributed by atoms with Crippen molar-refractivity contribution in [1.82, 2.24) is 4.90 Å². The first kappa shape index (κ1) is 15.4. The van der Waals surface area contributed by atoms with Crippen molar-refractivity contribution in [2.45, 2.75) is 11.4 Å². The number of rotatable bonds is 6. The highest BCUT2D eigenvalue weighted by Gasteiger charge is 2.06. The number of hydrogen-bond donors (Lipinski definition) is 0. The molecule has 21 heavy (non-hydrogen) atoms. The molecular formula is C17H18N2OS. The van der Waals surface area contributed by atoms with E-state index in [2.05, 4.69) is 11.0 Å². The molecule has 0 heterocycles. The summed E-state index contributed by atoms with van der Waals surface area (Å²) in [4.78, 5) is 3.02. The van der Waals surface area contributed by atoms with Gasteiger partial charge in [0.05, 0.1) is 22.4 Å². The Bertz CT molecular complexity index is 632. The zero-order valence-electron chi connectivity index (χ0n) is 12.0. The summed E-state index contributed by atoms with van der Waals surface area (Å²) in [6, 6.07) is 19.2. The standard InChI is InChI=1S/C17H18N2OS/c1-19(14-16-9-7-15(13-18)8-10-16)11-12-21(20)17-5-3-2-4-6-17/h2-10H,11-12,14H2,1H3/t21-/m1/s1. The van der Waals surface area contributed by atoms with Gasteiger partial charge in [-0.1, -0.05) is 30.3 Å². The Labute approximate surface area is 128 Å². The van der Waals surface area contributed by atoms with Crippen molar-refractivity contribution in [3.63, 3.8) is 0 Å². The van der Waals surface area contributed by atoms with Crippen molar-refractivity contribution in [2.24, 2.45) is 0 Å². The summed E-state index contributed by atoms with van der Waals surface area (Å²) >= 11 is 0. The van der Waals surface area contributed by atoms with Gasteiger partial charge >= 0.3 is 0 Å². The topological polar surface area (TPSA) is 44.1 Å². The van der Waals surface area contributed by atoms with Crippen LogP contribution in [-0.2, 0) is 17.3 Å². The molecule has 2 rings (SSSR count). The molecule has 2 aromatic rings. The molecule has 2 aromatic carbocycles. The normalized spacial score (nSPS) is 12.0. The highest BCUT2D eigenvalue weighted by molar-refractivity contribution is 7.85. The maximum absolute atomic E-state index is 12.1. The Hall–Kier alpha value is -1.96. The summed E-state index contributed by atoms with van der Waals surface area (Å²) in [6.07, 6.45) is 0. The molecule has 1 atom stereocenters. The average Bonchev–Trinajstić information content (AvgIpc) is 2.54. The molecule has 0 N–H and O–H groups in total. The van der Waals surface area contributed by atoms with E-state index in [0.29, 0.717) is 11.3 Å². The van der Waals surface area contributed by atoms with E-state index in [1.54, 1.807) is 0 Å². The van der Waals surface area contributed by atoms with Crippen LogP contribution < -0.4 is 0 Å². The molecule has 0 unspecified atom stereocenters. The molecule has 0 aliphatic rings. The second-order valence-electron chi connectivity index (χ2n) is 4.91. The summed E-state index contributed by atoms with van der Waals surface area (Å²) in [5.74, 6) is 0.622. The number of nitrogens with zero attached hydrogens (tertiary/aromatic N) is 2. The third-order valence-corrected chi connectivity index (χ3v) is 4.55. The number of hydrogen-bond acceptors (Lipinski definition) is 3.